The molecule has 3 rings (SSSR count). The predicted molar refractivity (Wildman–Crippen MR) is 131 cm³/mol. The van der Waals surface area contributed by atoms with Gasteiger partial charge in [-0.25, -0.2) is 14.5 Å². The van der Waals surface area contributed by atoms with Crippen LogP contribution in [0, 0.1) is 6.92 Å². The Kier molecular flexibility index (Phi) is 8.48. The second-order valence-corrected chi connectivity index (χ2v) is 8.27. The highest BCUT2D eigenvalue weighted by Gasteiger charge is 2.35. The van der Waals surface area contributed by atoms with Gasteiger partial charge in [-0.05, 0) is 55.3 Å². The summed E-state index contributed by atoms with van der Waals surface area (Å²) in [6.07, 6.45) is 1.45. The van der Waals surface area contributed by atoms with Crippen molar-refractivity contribution in [2.24, 2.45) is 0 Å². The number of nitrogens with one attached hydrogen (secondary N) is 2. The molecule has 184 valence electrons. The molecule has 2 aromatic carbocycles. The number of urea groups is 1. The van der Waals surface area contributed by atoms with Gasteiger partial charge >= 0.3 is 12.0 Å². The van der Waals surface area contributed by atoms with Gasteiger partial charge in [-0.1, -0.05) is 28.1 Å². The summed E-state index contributed by atoms with van der Waals surface area (Å²) < 4.78 is 16.1. The summed E-state index contributed by atoms with van der Waals surface area (Å²) in [4.78, 5) is 49.8. The lowest BCUT2D eigenvalue weighted by Crippen LogP contribution is -2.38. The van der Waals surface area contributed by atoms with E-state index < -0.39 is 30.4 Å². The average Bonchev–Trinajstić information content (AvgIpc) is 3.07. The number of rotatable bonds is 9. The number of esters is 1. The fourth-order valence-corrected chi connectivity index (χ4v) is 3.61. The Morgan fingerprint density at radius 3 is 2.57 bits per heavy atom. The van der Waals surface area contributed by atoms with Crippen LogP contribution in [0.5, 0.6) is 11.5 Å². The molecule has 0 atom stereocenters. The first-order valence-corrected chi connectivity index (χ1v) is 11.4. The zero-order valence-corrected chi connectivity index (χ0v) is 20.9. The van der Waals surface area contributed by atoms with E-state index in [2.05, 4.69) is 31.3 Å². The molecule has 0 unspecified atom stereocenters. The largest absolute Gasteiger partial charge is 0.490 e. The van der Waals surface area contributed by atoms with Gasteiger partial charge in [-0.2, -0.15) is 0 Å². The van der Waals surface area contributed by atoms with Gasteiger partial charge in [-0.3, -0.25) is 9.59 Å². The van der Waals surface area contributed by atoms with Crippen molar-refractivity contribution in [3.05, 3.63) is 57.7 Å². The number of ether oxygens (including phenoxy) is 3. The molecule has 1 saturated heterocycles. The molecule has 0 aliphatic carbocycles. The molecule has 10 nitrogen and oxygen atoms in total. The van der Waals surface area contributed by atoms with Crippen molar-refractivity contribution >= 4 is 51.5 Å². The first kappa shape index (κ1) is 25.8. The van der Waals surface area contributed by atoms with E-state index in [1.165, 1.54) is 13.2 Å². The minimum Gasteiger partial charge on any atom is -0.490 e. The quantitative estimate of drug-likeness (QED) is 0.281. The van der Waals surface area contributed by atoms with E-state index in [1.807, 2.05) is 13.0 Å². The average molecular weight is 546 g/mol. The highest BCUT2D eigenvalue weighted by molar-refractivity contribution is 9.10. The number of methoxy groups -OCH3 is 1. The molecule has 1 fully saturated rings. The van der Waals surface area contributed by atoms with Gasteiger partial charge in [0.15, 0.2) is 18.1 Å². The molecule has 35 heavy (non-hydrogen) atoms. The normalized spacial score (nSPS) is 14.1. The van der Waals surface area contributed by atoms with Crippen LogP contribution < -0.4 is 20.1 Å². The Balaban J connectivity index is 1.77. The van der Waals surface area contributed by atoms with Crippen LogP contribution in [0.25, 0.3) is 6.08 Å². The molecule has 0 radical (unpaired) electrons. The van der Waals surface area contributed by atoms with Crippen LogP contribution in [0.15, 0.2) is 46.6 Å². The van der Waals surface area contributed by atoms with E-state index in [0.29, 0.717) is 33.8 Å². The van der Waals surface area contributed by atoms with Gasteiger partial charge < -0.3 is 24.8 Å². The Labute approximate surface area is 210 Å². The van der Waals surface area contributed by atoms with Crippen LogP contribution in [0.4, 0.5) is 10.5 Å². The summed E-state index contributed by atoms with van der Waals surface area (Å²) in [5.74, 6) is -1.08. The molecule has 0 aromatic heterocycles. The monoisotopic (exact) mass is 545 g/mol. The van der Waals surface area contributed by atoms with E-state index in [1.54, 1.807) is 37.3 Å². The number of hydrogen-bond donors (Lipinski definition) is 2. The lowest BCUT2D eigenvalue weighted by Gasteiger charge is -2.13. The molecule has 11 heteroatoms. The molecule has 1 aliphatic heterocycles. The topological polar surface area (TPSA) is 123 Å². The molecule has 0 bridgehead atoms. The fourth-order valence-electron chi connectivity index (χ4n) is 3.18. The number of carbonyl (C=O) groups is 4. The van der Waals surface area contributed by atoms with Crippen molar-refractivity contribution in [3.63, 3.8) is 0 Å². The highest BCUT2D eigenvalue weighted by Crippen LogP contribution is 2.35. The number of aryl methyl sites for hydroxylation is 1. The molecule has 2 aromatic rings. The second-order valence-electron chi connectivity index (χ2n) is 7.42. The minimum absolute atomic E-state index is 0.00951. The zero-order chi connectivity index (χ0) is 25.5. The maximum Gasteiger partial charge on any atom is 0.343 e. The number of hydrogen-bond acceptors (Lipinski definition) is 7. The highest BCUT2D eigenvalue weighted by atomic mass is 79.9. The summed E-state index contributed by atoms with van der Waals surface area (Å²) >= 11 is 3.40. The maximum atomic E-state index is 12.8. The second kappa shape index (κ2) is 11.5. The summed E-state index contributed by atoms with van der Waals surface area (Å²) in [6.45, 7) is 3.24. The fraction of sp³-hybridized carbons (Fsp3) is 0.250. The molecule has 0 spiro atoms. The van der Waals surface area contributed by atoms with E-state index in [-0.39, 0.29) is 12.3 Å². The number of nitrogens with zero attached hydrogens (tertiary/aromatic N) is 1. The Morgan fingerprint density at radius 1 is 1.14 bits per heavy atom. The number of amides is 4. The molecule has 2 N–H and O–H groups in total. The van der Waals surface area contributed by atoms with Crippen LogP contribution in [-0.2, 0) is 19.1 Å². The SMILES string of the molecule is CCOc1cc(/C=C2/NC(=O)N(CC(=O)Nc3cccc(C)c3)C2=O)c(Br)cc1OCC(=O)OC. The van der Waals surface area contributed by atoms with Crippen molar-refractivity contribution in [1.29, 1.82) is 0 Å². The minimum atomic E-state index is -0.708. The lowest BCUT2D eigenvalue weighted by atomic mass is 10.1. The van der Waals surface area contributed by atoms with Gasteiger partial charge in [0.1, 0.15) is 12.2 Å². The van der Waals surface area contributed by atoms with E-state index in [9.17, 15) is 19.2 Å². The number of anilines is 1. The van der Waals surface area contributed by atoms with Crippen LogP contribution in [0.1, 0.15) is 18.1 Å². The van der Waals surface area contributed by atoms with Crippen molar-refractivity contribution in [3.8, 4) is 11.5 Å². The van der Waals surface area contributed by atoms with Gasteiger partial charge in [0.05, 0.1) is 13.7 Å². The Bertz CT molecular complexity index is 1200. The van der Waals surface area contributed by atoms with E-state index in [4.69, 9.17) is 9.47 Å². The maximum absolute atomic E-state index is 12.8. The number of benzene rings is 2. The van der Waals surface area contributed by atoms with Crippen molar-refractivity contribution < 1.29 is 33.4 Å². The van der Waals surface area contributed by atoms with Crippen LogP contribution >= 0.6 is 15.9 Å². The predicted octanol–water partition coefficient (Wildman–Crippen LogP) is 3.24. The molecular weight excluding hydrogens is 522 g/mol. The summed E-state index contributed by atoms with van der Waals surface area (Å²) in [5.41, 5.74) is 2.03. The Hall–Kier alpha value is -3.86. The van der Waals surface area contributed by atoms with Gasteiger partial charge in [0, 0.05) is 10.2 Å². The van der Waals surface area contributed by atoms with Gasteiger partial charge in [0.25, 0.3) is 5.91 Å². The first-order chi connectivity index (χ1) is 16.7. The van der Waals surface area contributed by atoms with E-state index in [0.717, 1.165) is 10.5 Å². The van der Waals surface area contributed by atoms with Crippen LogP contribution in [0.3, 0.4) is 0 Å². The number of carbonyl (C=O) groups excluding carboxylic acids is 4. The summed E-state index contributed by atoms with van der Waals surface area (Å²) in [7, 11) is 1.25. The lowest BCUT2D eigenvalue weighted by molar-refractivity contribution is -0.143. The zero-order valence-electron chi connectivity index (χ0n) is 19.3. The third-order valence-corrected chi connectivity index (χ3v) is 5.49. The molecular formula is C24H24BrN3O7. The Morgan fingerprint density at radius 2 is 1.89 bits per heavy atom. The van der Waals surface area contributed by atoms with Crippen LogP contribution in [0.2, 0.25) is 0 Å². The van der Waals surface area contributed by atoms with Crippen molar-refractivity contribution in [1.82, 2.24) is 10.2 Å². The smallest absolute Gasteiger partial charge is 0.343 e. The third kappa shape index (κ3) is 6.60. The molecule has 4 amide bonds. The van der Waals surface area contributed by atoms with Gasteiger partial charge in [-0.15, -0.1) is 0 Å². The molecule has 1 heterocycles. The van der Waals surface area contributed by atoms with Crippen LogP contribution in [-0.4, -0.2) is 55.6 Å². The summed E-state index contributed by atoms with van der Waals surface area (Å²) in [6, 6.07) is 9.64. The number of halogens is 1. The summed E-state index contributed by atoms with van der Waals surface area (Å²) in [5, 5.41) is 5.16. The van der Waals surface area contributed by atoms with Crippen molar-refractivity contribution in [2.75, 3.05) is 32.2 Å². The third-order valence-electron chi connectivity index (χ3n) is 4.80. The van der Waals surface area contributed by atoms with Gasteiger partial charge in [0.2, 0.25) is 5.91 Å². The van der Waals surface area contributed by atoms with Crippen molar-refractivity contribution in [2.45, 2.75) is 13.8 Å². The first-order valence-electron chi connectivity index (χ1n) is 10.6. The van der Waals surface area contributed by atoms with E-state index >= 15 is 0 Å². The molecule has 1 aliphatic rings. The molecule has 0 saturated carbocycles. The number of imide groups is 1. The standard InChI is InChI=1S/C24H24BrN3O7/c1-4-34-19-10-15(17(25)11-20(19)35-13-22(30)33-3)9-18-23(31)28(24(32)27-18)12-21(29)26-16-7-5-6-14(2)8-16/h5-11H,4,12-13H2,1-3H3,(H,26,29)(H,27,32)/b18-9+.